The molecule has 0 bridgehead atoms. The molecule has 0 spiro atoms. The van der Waals surface area contributed by atoms with Gasteiger partial charge < -0.3 is 9.26 Å². The van der Waals surface area contributed by atoms with Crippen LogP contribution in [0.4, 0.5) is 0 Å². The maximum absolute atomic E-state index is 12.7. The highest BCUT2D eigenvalue weighted by Crippen LogP contribution is 2.24. The first kappa shape index (κ1) is 19.9. The van der Waals surface area contributed by atoms with Crippen molar-refractivity contribution in [1.82, 2.24) is 14.4 Å². The molecule has 0 aliphatic carbocycles. The molecule has 1 aromatic heterocycles. The van der Waals surface area contributed by atoms with E-state index in [2.05, 4.69) is 10.1 Å². The molecule has 0 unspecified atom stereocenters. The SMILES string of the molecule is O=S(=O)(c1ccc(-c2noc(COc3ccc(Cl)cc3)n2)cc1)N1CCCCC1. The van der Waals surface area contributed by atoms with Gasteiger partial charge in [0.25, 0.3) is 5.89 Å². The van der Waals surface area contributed by atoms with Crippen LogP contribution in [0.5, 0.6) is 5.75 Å². The minimum atomic E-state index is -3.46. The van der Waals surface area contributed by atoms with Crippen LogP contribution in [0.15, 0.2) is 57.9 Å². The Balaban J connectivity index is 1.43. The van der Waals surface area contributed by atoms with Gasteiger partial charge in [-0.3, -0.25) is 0 Å². The Morgan fingerprint density at radius 3 is 2.38 bits per heavy atom. The molecule has 1 fully saturated rings. The minimum Gasteiger partial charge on any atom is -0.484 e. The van der Waals surface area contributed by atoms with E-state index in [0.717, 1.165) is 19.3 Å². The van der Waals surface area contributed by atoms with Gasteiger partial charge in [-0.05, 0) is 61.4 Å². The van der Waals surface area contributed by atoms with Gasteiger partial charge in [-0.25, -0.2) is 8.42 Å². The summed E-state index contributed by atoms with van der Waals surface area (Å²) in [5.41, 5.74) is 0.670. The fourth-order valence-corrected chi connectivity index (χ4v) is 4.78. The van der Waals surface area contributed by atoms with E-state index in [9.17, 15) is 8.42 Å². The largest absolute Gasteiger partial charge is 0.484 e. The van der Waals surface area contributed by atoms with Gasteiger partial charge >= 0.3 is 0 Å². The third-order valence-electron chi connectivity index (χ3n) is 4.71. The molecule has 2 aromatic carbocycles. The van der Waals surface area contributed by atoms with Crippen molar-refractivity contribution < 1.29 is 17.7 Å². The maximum atomic E-state index is 12.7. The number of aromatic nitrogens is 2. The van der Waals surface area contributed by atoms with Crippen molar-refractivity contribution in [2.75, 3.05) is 13.1 Å². The van der Waals surface area contributed by atoms with Crippen molar-refractivity contribution in [2.45, 2.75) is 30.8 Å². The predicted molar refractivity (Wildman–Crippen MR) is 108 cm³/mol. The second kappa shape index (κ2) is 8.52. The molecule has 0 amide bonds. The summed E-state index contributed by atoms with van der Waals surface area (Å²) in [6.45, 7) is 1.27. The van der Waals surface area contributed by atoms with Crippen LogP contribution in [0.25, 0.3) is 11.4 Å². The van der Waals surface area contributed by atoms with Crippen LogP contribution in [0.3, 0.4) is 0 Å². The number of nitrogens with zero attached hydrogens (tertiary/aromatic N) is 3. The van der Waals surface area contributed by atoms with E-state index in [4.69, 9.17) is 20.9 Å². The molecule has 0 saturated carbocycles. The number of halogens is 1. The first-order valence-electron chi connectivity index (χ1n) is 9.34. The van der Waals surface area contributed by atoms with E-state index in [1.165, 1.54) is 0 Å². The lowest BCUT2D eigenvalue weighted by Gasteiger charge is -2.25. The van der Waals surface area contributed by atoms with Gasteiger partial charge in [0.2, 0.25) is 15.8 Å². The van der Waals surface area contributed by atoms with Crippen molar-refractivity contribution in [3.8, 4) is 17.1 Å². The third kappa shape index (κ3) is 4.60. The zero-order valence-corrected chi connectivity index (χ0v) is 17.2. The molecular weight excluding hydrogens is 414 g/mol. The zero-order chi connectivity index (χ0) is 20.3. The molecule has 7 nitrogen and oxygen atoms in total. The van der Waals surface area contributed by atoms with Crippen LogP contribution in [0.2, 0.25) is 5.02 Å². The molecule has 0 N–H and O–H groups in total. The van der Waals surface area contributed by atoms with Crippen LogP contribution >= 0.6 is 11.6 Å². The topological polar surface area (TPSA) is 85.5 Å². The Morgan fingerprint density at radius 2 is 1.69 bits per heavy atom. The predicted octanol–water partition coefficient (Wildman–Crippen LogP) is 4.14. The van der Waals surface area contributed by atoms with Crippen LogP contribution < -0.4 is 4.74 Å². The third-order valence-corrected chi connectivity index (χ3v) is 6.87. The molecule has 152 valence electrons. The van der Waals surface area contributed by atoms with Crippen molar-refractivity contribution in [3.05, 3.63) is 59.4 Å². The Labute approximate surface area is 174 Å². The fraction of sp³-hybridized carbons (Fsp3) is 0.300. The lowest BCUT2D eigenvalue weighted by atomic mass is 10.2. The molecule has 0 atom stereocenters. The summed E-state index contributed by atoms with van der Waals surface area (Å²) in [5.74, 6) is 1.34. The summed E-state index contributed by atoms with van der Waals surface area (Å²) in [6.07, 6.45) is 2.88. The molecule has 3 aromatic rings. The highest BCUT2D eigenvalue weighted by atomic mass is 35.5. The van der Waals surface area contributed by atoms with Crippen molar-refractivity contribution in [3.63, 3.8) is 0 Å². The highest BCUT2D eigenvalue weighted by molar-refractivity contribution is 7.89. The number of benzene rings is 2. The van der Waals surface area contributed by atoms with Crippen LogP contribution in [0, 0.1) is 0 Å². The molecule has 1 aliphatic rings. The Kier molecular flexibility index (Phi) is 5.84. The number of ether oxygens (including phenoxy) is 1. The second-order valence-corrected chi connectivity index (χ2v) is 9.12. The summed E-state index contributed by atoms with van der Waals surface area (Å²) < 4.78 is 37.8. The lowest BCUT2D eigenvalue weighted by molar-refractivity contribution is 0.243. The standard InChI is InChI=1S/C20H20ClN3O4S/c21-16-6-8-17(9-7-16)27-14-19-22-20(23-28-19)15-4-10-18(11-5-15)29(25,26)24-12-2-1-3-13-24/h4-11H,1-3,12-14H2. The van der Waals surface area contributed by atoms with E-state index in [1.807, 2.05) is 0 Å². The van der Waals surface area contributed by atoms with Crippen molar-refractivity contribution >= 4 is 21.6 Å². The molecule has 4 rings (SSSR count). The Morgan fingerprint density at radius 1 is 1.00 bits per heavy atom. The first-order valence-corrected chi connectivity index (χ1v) is 11.2. The second-order valence-electron chi connectivity index (χ2n) is 6.74. The Bertz CT molecular complexity index is 1060. The average molecular weight is 434 g/mol. The molecular formula is C20H20ClN3O4S. The zero-order valence-electron chi connectivity index (χ0n) is 15.6. The van der Waals surface area contributed by atoms with Crippen LogP contribution in [-0.4, -0.2) is 36.0 Å². The minimum absolute atomic E-state index is 0.121. The number of hydrogen-bond acceptors (Lipinski definition) is 6. The van der Waals surface area contributed by atoms with E-state index >= 15 is 0 Å². The number of rotatable bonds is 6. The summed E-state index contributed by atoms with van der Waals surface area (Å²) in [5, 5.41) is 4.58. The number of hydrogen-bond donors (Lipinski definition) is 0. The van der Waals surface area contributed by atoms with Gasteiger partial charge in [0.1, 0.15) is 5.75 Å². The lowest BCUT2D eigenvalue weighted by Crippen LogP contribution is -2.35. The molecule has 0 radical (unpaired) electrons. The van der Waals surface area contributed by atoms with E-state index < -0.39 is 10.0 Å². The summed E-state index contributed by atoms with van der Waals surface area (Å²) >= 11 is 5.85. The van der Waals surface area contributed by atoms with Crippen LogP contribution in [-0.2, 0) is 16.6 Å². The highest BCUT2D eigenvalue weighted by Gasteiger charge is 2.25. The van der Waals surface area contributed by atoms with Crippen LogP contribution in [0.1, 0.15) is 25.2 Å². The molecule has 1 aliphatic heterocycles. The smallest absolute Gasteiger partial charge is 0.264 e. The average Bonchev–Trinajstić information content (AvgIpc) is 3.23. The first-order chi connectivity index (χ1) is 14.0. The van der Waals surface area contributed by atoms with E-state index in [1.54, 1.807) is 52.8 Å². The van der Waals surface area contributed by atoms with Gasteiger partial charge in [0, 0.05) is 23.7 Å². The molecule has 9 heteroatoms. The van der Waals surface area contributed by atoms with E-state index in [-0.39, 0.29) is 11.5 Å². The monoisotopic (exact) mass is 433 g/mol. The van der Waals surface area contributed by atoms with Gasteiger partial charge in [-0.2, -0.15) is 9.29 Å². The van der Waals surface area contributed by atoms with Gasteiger partial charge in [0.15, 0.2) is 6.61 Å². The van der Waals surface area contributed by atoms with Crippen molar-refractivity contribution in [1.29, 1.82) is 0 Å². The summed E-state index contributed by atoms with van der Waals surface area (Å²) in [7, 11) is -3.46. The van der Waals surface area contributed by atoms with E-state index in [0.29, 0.717) is 41.1 Å². The van der Waals surface area contributed by atoms with Gasteiger partial charge in [-0.1, -0.05) is 23.2 Å². The van der Waals surface area contributed by atoms with Gasteiger partial charge in [0.05, 0.1) is 4.90 Å². The summed E-state index contributed by atoms with van der Waals surface area (Å²) in [6, 6.07) is 13.5. The maximum Gasteiger partial charge on any atom is 0.264 e. The normalized spacial score (nSPS) is 15.3. The fourth-order valence-electron chi connectivity index (χ4n) is 3.14. The quantitative estimate of drug-likeness (QED) is 0.580. The van der Waals surface area contributed by atoms with Crippen molar-refractivity contribution in [2.24, 2.45) is 0 Å². The summed E-state index contributed by atoms with van der Waals surface area (Å²) in [4.78, 5) is 4.58. The Hall–Kier alpha value is -2.42. The number of piperidine rings is 1. The molecule has 1 saturated heterocycles. The van der Waals surface area contributed by atoms with Gasteiger partial charge in [-0.15, -0.1) is 0 Å². The molecule has 2 heterocycles. The number of sulfonamides is 1. The molecule has 29 heavy (non-hydrogen) atoms.